The summed E-state index contributed by atoms with van der Waals surface area (Å²) in [5, 5.41) is 5.91. The molecule has 2 N–H and O–H groups in total. The summed E-state index contributed by atoms with van der Waals surface area (Å²) < 4.78 is 0. The van der Waals surface area contributed by atoms with Crippen LogP contribution in [0.1, 0.15) is 36.2 Å². The zero-order valence-electron chi connectivity index (χ0n) is 18.8. The van der Waals surface area contributed by atoms with Crippen molar-refractivity contribution in [1.82, 2.24) is 9.80 Å². The van der Waals surface area contributed by atoms with Crippen LogP contribution in [0.15, 0.2) is 48.5 Å². The summed E-state index contributed by atoms with van der Waals surface area (Å²) in [6.45, 7) is 5.36. The van der Waals surface area contributed by atoms with E-state index in [1.54, 1.807) is 48.2 Å². The molecule has 2 rings (SSSR count). The third-order valence-electron chi connectivity index (χ3n) is 5.00. The van der Waals surface area contributed by atoms with Crippen LogP contribution in [0.2, 0.25) is 0 Å². The molecule has 0 aliphatic carbocycles. The van der Waals surface area contributed by atoms with Gasteiger partial charge in [-0.2, -0.15) is 0 Å². The van der Waals surface area contributed by atoms with Crippen LogP contribution >= 0.6 is 0 Å². The maximum atomic E-state index is 12.3. The molecular weight excluding hydrogens is 392 g/mol. The van der Waals surface area contributed by atoms with Gasteiger partial charge in [0.25, 0.3) is 5.91 Å². The fourth-order valence-corrected chi connectivity index (χ4v) is 3.04. The van der Waals surface area contributed by atoms with Gasteiger partial charge in [0.15, 0.2) is 0 Å². The van der Waals surface area contributed by atoms with E-state index >= 15 is 0 Å². The van der Waals surface area contributed by atoms with E-state index in [9.17, 15) is 14.4 Å². The summed E-state index contributed by atoms with van der Waals surface area (Å²) in [5.74, 6) is -0.0726. The van der Waals surface area contributed by atoms with Gasteiger partial charge in [-0.15, -0.1) is 0 Å². The highest BCUT2D eigenvalue weighted by molar-refractivity contribution is 5.95. The van der Waals surface area contributed by atoms with Crippen molar-refractivity contribution in [2.45, 2.75) is 26.7 Å². The summed E-state index contributed by atoms with van der Waals surface area (Å²) in [6, 6.07) is 14.6. The zero-order chi connectivity index (χ0) is 22.8. The second-order valence-corrected chi connectivity index (χ2v) is 7.44. The molecule has 0 heterocycles. The van der Waals surface area contributed by atoms with Crippen LogP contribution in [-0.2, 0) is 16.0 Å². The van der Waals surface area contributed by atoms with Crippen molar-refractivity contribution in [1.29, 1.82) is 0 Å². The number of rotatable bonds is 10. The van der Waals surface area contributed by atoms with Gasteiger partial charge in [-0.3, -0.25) is 14.4 Å². The molecule has 0 aliphatic rings. The predicted molar refractivity (Wildman–Crippen MR) is 124 cm³/mol. The smallest absolute Gasteiger partial charge is 0.253 e. The topological polar surface area (TPSA) is 81.8 Å². The lowest BCUT2D eigenvalue weighted by molar-refractivity contribution is -0.128. The van der Waals surface area contributed by atoms with Gasteiger partial charge in [0.2, 0.25) is 11.8 Å². The number of hydrogen-bond donors (Lipinski definition) is 2. The maximum absolute atomic E-state index is 12.3. The molecule has 7 nitrogen and oxygen atoms in total. The highest BCUT2D eigenvalue weighted by Crippen LogP contribution is 2.13. The Morgan fingerprint density at radius 1 is 0.839 bits per heavy atom. The number of aryl methyl sites for hydroxylation is 1. The van der Waals surface area contributed by atoms with Crippen molar-refractivity contribution < 1.29 is 14.4 Å². The number of anilines is 2. The number of hydrogen-bond acceptors (Lipinski definition) is 4. The number of carbonyl (C=O) groups is 3. The van der Waals surface area contributed by atoms with Crippen LogP contribution in [0.4, 0.5) is 11.4 Å². The van der Waals surface area contributed by atoms with Crippen molar-refractivity contribution in [2.75, 3.05) is 44.4 Å². The molecule has 0 fully saturated rings. The molecule has 0 aromatic heterocycles. The van der Waals surface area contributed by atoms with Crippen LogP contribution < -0.4 is 10.6 Å². The average molecular weight is 425 g/mol. The summed E-state index contributed by atoms with van der Waals surface area (Å²) in [7, 11) is 3.49. The Morgan fingerprint density at radius 3 is 1.97 bits per heavy atom. The summed E-state index contributed by atoms with van der Waals surface area (Å²) in [5.41, 5.74) is 3.15. The van der Waals surface area contributed by atoms with E-state index in [1.165, 1.54) is 0 Å². The number of benzene rings is 2. The molecular formula is C24H32N4O3. The molecule has 0 saturated carbocycles. The van der Waals surface area contributed by atoms with Gasteiger partial charge in [-0.25, -0.2) is 0 Å². The SMILES string of the molecule is CCN(CC)C(=O)c1ccc(NCC(=O)Nc2ccc(CCC(=O)N(C)C)cc2)cc1. The van der Waals surface area contributed by atoms with Gasteiger partial charge in [0, 0.05) is 50.5 Å². The first kappa shape index (κ1) is 23.9. The van der Waals surface area contributed by atoms with Crippen LogP contribution in [0, 0.1) is 0 Å². The van der Waals surface area contributed by atoms with Crippen LogP contribution in [0.3, 0.4) is 0 Å². The molecule has 3 amide bonds. The molecule has 0 radical (unpaired) electrons. The first-order valence-electron chi connectivity index (χ1n) is 10.6. The first-order chi connectivity index (χ1) is 14.8. The minimum atomic E-state index is -0.168. The van der Waals surface area contributed by atoms with Crippen molar-refractivity contribution >= 4 is 29.1 Å². The highest BCUT2D eigenvalue weighted by Gasteiger charge is 2.12. The third kappa shape index (κ3) is 7.44. The predicted octanol–water partition coefficient (Wildman–Crippen LogP) is 3.24. The minimum absolute atomic E-state index is 0.00354. The number of nitrogens with one attached hydrogen (secondary N) is 2. The van der Waals surface area contributed by atoms with E-state index in [-0.39, 0.29) is 24.3 Å². The summed E-state index contributed by atoms with van der Waals surface area (Å²) in [6.07, 6.45) is 1.13. The fourth-order valence-electron chi connectivity index (χ4n) is 3.04. The first-order valence-corrected chi connectivity index (χ1v) is 10.6. The fraction of sp³-hybridized carbons (Fsp3) is 0.375. The van der Waals surface area contributed by atoms with E-state index in [4.69, 9.17) is 0 Å². The second kappa shape index (κ2) is 11.7. The molecule has 0 bridgehead atoms. The minimum Gasteiger partial charge on any atom is -0.376 e. The quantitative estimate of drug-likeness (QED) is 0.614. The summed E-state index contributed by atoms with van der Waals surface area (Å²) >= 11 is 0. The maximum Gasteiger partial charge on any atom is 0.253 e. The Balaban J connectivity index is 1.81. The number of amides is 3. The van der Waals surface area contributed by atoms with Crippen LogP contribution in [-0.4, -0.2) is 61.3 Å². The lowest BCUT2D eigenvalue weighted by Gasteiger charge is -2.18. The monoisotopic (exact) mass is 424 g/mol. The van der Waals surface area contributed by atoms with Gasteiger partial charge in [-0.05, 0) is 62.2 Å². The molecule has 0 saturated heterocycles. The van der Waals surface area contributed by atoms with Crippen LogP contribution in [0.5, 0.6) is 0 Å². The molecule has 0 spiro atoms. The zero-order valence-corrected chi connectivity index (χ0v) is 18.8. The highest BCUT2D eigenvalue weighted by atomic mass is 16.2. The Morgan fingerprint density at radius 2 is 1.42 bits per heavy atom. The molecule has 0 unspecified atom stereocenters. The third-order valence-corrected chi connectivity index (χ3v) is 5.00. The van der Waals surface area contributed by atoms with E-state index in [2.05, 4.69) is 10.6 Å². The van der Waals surface area contributed by atoms with E-state index in [0.717, 1.165) is 11.3 Å². The Hall–Kier alpha value is -3.35. The molecule has 2 aromatic rings. The average Bonchev–Trinajstić information content (AvgIpc) is 2.78. The molecule has 0 aliphatic heterocycles. The van der Waals surface area contributed by atoms with Crippen molar-refractivity contribution in [2.24, 2.45) is 0 Å². The van der Waals surface area contributed by atoms with Gasteiger partial charge in [0.05, 0.1) is 6.54 Å². The lowest BCUT2D eigenvalue weighted by Crippen LogP contribution is -2.30. The van der Waals surface area contributed by atoms with E-state index < -0.39 is 0 Å². The molecule has 2 aromatic carbocycles. The van der Waals surface area contributed by atoms with Gasteiger partial charge < -0.3 is 20.4 Å². The van der Waals surface area contributed by atoms with Gasteiger partial charge >= 0.3 is 0 Å². The lowest BCUT2D eigenvalue weighted by atomic mass is 10.1. The number of nitrogens with zero attached hydrogens (tertiary/aromatic N) is 2. The van der Waals surface area contributed by atoms with Gasteiger partial charge in [-0.1, -0.05) is 12.1 Å². The van der Waals surface area contributed by atoms with E-state index in [0.29, 0.717) is 37.2 Å². The van der Waals surface area contributed by atoms with Crippen molar-refractivity contribution in [3.63, 3.8) is 0 Å². The standard InChI is InChI=1S/C24H32N4O3/c1-5-28(6-2)24(31)19-10-14-20(15-11-19)25-17-22(29)26-21-12-7-18(8-13-21)9-16-23(30)27(3)4/h7-8,10-15,25H,5-6,9,16-17H2,1-4H3,(H,26,29). The largest absolute Gasteiger partial charge is 0.376 e. The normalized spacial score (nSPS) is 10.3. The van der Waals surface area contributed by atoms with Crippen LogP contribution in [0.25, 0.3) is 0 Å². The Kier molecular flexibility index (Phi) is 9.06. The molecule has 31 heavy (non-hydrogen) atoms. The van der Waals surface area contributed by atoms with Crippen molar-refractivity contribution in [3.8, 4) is 0 Å². The van der Waals surface area contributed by atoms with Crippen molar-refractivity contribution in [3.05, 3.63) is 59.7 Å². The molecule has 7 heteroatoms. The number of carbonyl (C=O) groups excluding carboxylic acids is 3. The summed E-state index contributed by atoms with van der Waals surface area (Å²) in [4.78, 5) is 39.6. The second-order valence-electron chi connectivity index (χ2n) is 7.44. The molecule has 166 valence electrons. The van der Waals surface area contributed by atoms with Gasteiger partial charge in [0.1, 0.15) is 0 Å². The Bertz CT molecular complexity index is 873. The molecule has 0 atom stereocenters. The van der Waals surface area contributed by atoms with E-state index in [1.807, 2.05) is 38.1 Å². The Labute approximate surface area is 184 Å².